The van der Waals surface area contributed by atoms with E-state index in [-0.39, 0.29) is 24.8 Å². The number of carbonyl (C=O) groups excluding carboxylic acids is 2. The molecule has 0 atom stereocenters. The average molecular weight is 444 g/mol. The fourth-order valence-electron chi connectivity index (χ4n) is 3.69. The molecule has 2 heterocycles. The number of ether oxygens (including phenoxy) is 1. The number of para-hydroxylation sites is 2. The molecule has 32 heavy (non-hydrogen) atoms. The van der Waals surface area contributed by atoms with Crippen LogP contribution >= 0.6 is 11.3 Å². The average Bonchev–Trinajstić information content (AvgIpc) is 3.14. The number of anilines is 2. The van der Waals surface area contributed by atoms with E-state index in [0.717, 1.165) is 20.8 Å². The molecule has 0 spiro atoms. The molecule has 0 unspecified atom stereocenters. The Morgan fingerprint density at radius 1 is 1.12 bits per heavy atom. The van der Waals surface area contributed by atoms with Gasteiger partial charge in [-0.15, -0.1) is 11.3 Å². The molecule has 6 nitrogen and oxygen atoms in total. The second kappa shape index (κ2) is 8.43. The summed E-state index contributed by atoms with van der Waals surface area (Å²) in [5.74, 6) is 0.214. The van der Waals surface area contributed by atoms with Gasteiger partial charge in [0, 0.05) is 11.3 Å². The van der Waals surface area contributed by atoms with Crippen molar-refractivity contribution in [1.29, 1.82) is 0 Å². The van der Waals surface area contributed by atoms with Gasteiger partial charge in [0.05, 0.1) is 28.9 Å². The molecule has 1 aliphatic rings. The second-order valence-electron chi connectivity index (χ2n) is 7.66. The lowest BCUT2D eigenvalue weighted by molar-refractivity contribution is -0.121. The van der Waals surface area contributed by atoms with Crippen LogP contribution < -0.4 is 15.0 Å². The van der Waals surface area contributed by atoms with Crippen molar-refractivity contribution >= 4 is 44.7 Å². The Hall–Kier alpha value is -3.71. The summed E-state index contributed by atoms with van der Waals surface area (Å²) < 4.78 is 6.79. The Morgan fingerprint density at radius 2 is 1.94 bits per heavy atom. The maximum Gasteiger partial charge on any atom is 0.244 e. The monoisotopic (exact) mass is 443 g/mol. The predicted octanol–water partition coefficient (Wildman–Crippen LogP) is 5.03. The number of thiazole rings is 1. The molecule has 3 aromatic carbocycles. The van der Waals surface area contributed by atoms with Crippen molar-refractivity contribution in [2.45, 2.75) is 13.3 Å². The van der Waals surface area contributed by atoms with E-state index in [2.05, 4.69) is 24.4 Å². The molecule has 1 N–H and O–H groups in total. The summed E-state index contributed by atoms with van der Waals surface area (Å²) in [6.45, 7) is 2.31. The fraction of sp³-hybridized carbons (Fsp3) is 0.160. The van der Waals surface area contributed by atoms with Crippen LogP contribution in [0.4, 0.5) is 11.4 Å². The summed E-state index contributed by atoms with van der Waals surface area (Å²) in [5.41, 5.74) is 4.48. The number of carbonyl (C=O) groups is 2. The first-order valence-corrected chi connectivity index (χ1v) is 11.2. The highest BCUT2D eigenvalue weighted by molar-refractivity contribution is 7.21. The Morgan fingerprint density at radius 3 is 2.78 bits per heavy atom. The largest absolute Gasteiger partial charge is 0.491 e. The second-order valence-corrected chi connectivity index (χ2v) is 8.69. The standard InChI is InChI=1S/C25H21N3O3S/c1-16-6-11-19-22(14-16)32-25(27-19)17-7-9-18(10-8-17)26-23(29)15-28-20-4-2-3-5-21(20)31-13-12-24(28)30/h2-11,14H,12-13,15H2,1H3,(H,26,29). The van der Waals surface area contributed by atoms with E-state index < -0.39 is 0 Å². The number of fused-ring (bicyclic) bond motifs is 2. The number of aryl methyl sites for hydroxylation is 1. The van der Waals surface area contributed by atoms with Crippen molar-refractivity contribution in [1.82, 2.24) is 4.98 Å². The maximum absolute atomic E-state index is 12.7. The van der Waals surface area contributed by atoms with Crippen molar-refractivity contribution in [3.63, 3.8) is 0 Å². The Bertz CT molecular complexity index is 1310. The van der Waals surface area contributed by atoms with E-state index in [1.807, 2.05) is 42.5 Å². The lowest BCUT2D eigenvalue weighted by atomic mass is 10.2. The number of nitrogens with zero attached hydrogens (tertiary/aromatic N) is 2. The normalized spacial score (nSPS) is 13.4. The molecular formula is C25H21N3O3S. The number of hydrogen-bond donors (Lipinski definition) is 1. The summed E-state index contributed by atoms with van der Waals surface area (Å²) >= 11 is 1.65. The van der Waals surface area contributed by atoms with Crippen LogP contribution in [0.15, 0.2) is 66.7 Å². The molecule has 2 amide bonds. The minimum absolute atomic E-state index is 0.0713. The van der Waals surface area contributed by atoms with Crippen LogP contribution in [0.1, 0.15) is 12.0 Å². The van der Waals surface area contributed by atoms with Gasteiger partial charge >= 0.3 is 0 Å². The van der Waals surface area contributed by atoms with E-state index in [0.29, 0.717) is 23.7 Å². The van der Waals surface area contributed by atoms with Gasteiger partial charge in [0.25, 0.3) is 0 Å². The van der Waals surface area contributed by atoms with Crippen molar-refractivity contribution in [2.75, 3.05) is 23.4 Å². The number of amides is 2. The van der Waals surface area contributed by atoms with Gasteiger partial charge in [0.2, 0.25) is 11.8 Å². The van der Waals surface area contributed by atoms with Crippen LogP contribution in [0, 0.1) is 6.92 Å². The first-order chi connectivity index (χ1) is 15.6. The summed E-state index contributed by atoms with van der Waals surface area (Å²) in [6, 6.07) is 21.1. The predicted molar refractivity (Wildman–Crippen MR) is 127 cm³/mol. The van der Waals surface area contributed by atoms with E-state index in [1.54, 1.807) is 23.5 Å². The van der Waals surface area contributed by atoms with Gasteiger partial charge in [-0.25, -0.2) is 4.98 Å². The molecular weight excluding hydrogens is 422 g/mol. The molecule has 0 fully saturated rings. The summed E-state index contributed by atoms with van der Waals surface area (Å²) in [6.07, 6.45) is 0.234. The highest BCUT2D eigenvalue weighted by atomic mass is 32.1. The van der Waals surface area contributed by atoms with Crippen molar-refractivity contribution < 1.29 is 14.3 Å². The van der Waals surface area contributed by atoms with Gasteiger partial charge in [0.1, 0.15) is 17.3 Å². The van der Waals surface area contributed by atoms with Crippen LogP contribution in [-0.2, 0) is 9.59 Å². The molecule has 0 bridgehead atoms. The lowest BCUT2D eigenvalue weighted by Gasteiger charge is -2.21. The quantitative estimate of drug-likeness (QED) is 0.480. The number of hydrogen-bond acceptors (Lipinski definition) is 5. The molecule has 4 aromatic rings. The number of rotatable bonds is 4. The topological polar surface area (TPSA) is 71.5 Å². The van der Waals surface area contributed by atoms with Crippen LogP contribution in [0.2, 0.25) is 0 Å². The maximum atomic E-state index is 12.7. The minimum Gasteiger partial charge on any atom is -0.491 e. The van der Waals surface area contributed by atoms with Crippen LogP contribution in [-0.4, -0.2) is 29.9 Å². The Balaban J connectivity index is 1.30. The molecule has 160 valence electrons. The van der Waals surface area contributed by atoms with Gasteiger partial charge in [0.15, 0.2) is 0 Å². The van der Waals surface area contributed by atoms with E-state index >= 15 is 0 Å². The first kappa shape index (κ1) is 20.2. The number of nitrogens with one attached hydrogen (secondary N) is 1. The molecule has 0 radical (unpaired) electrons. The summed E-state index contributed by atoms with van der Waals surface area (Å²) in [5, 5.41) is 3.82. The van der Waals surface area contributed by atoms with E-state index in [1.165, 1.54) is 10.5 Å². The molecule has 0 aliphatic carbocycles. The zero-order valence-corrected chi connectivity index (χ0v) is 18.3. The van der Waals surface area contributed by atoms with Crippen molar-refractivity contribution in [3.05, 3.63) is 72.3 Å². The van der Waals surface area contributed by atoms with Gasteiger partial charge in [-0.3, -0.25) is 14.5 Å². The summed E-state index contributed by atoms with van der Waals surface area (Å²) in [4.78, 5) is 31.4. The molecule has 1 aromatic heterocycles. The minimum atomic E-state index is -0.265. The van der Waals surface area contributed by atoms with Gasteiger partial charge in [-0.05, 0) is 61.0 Å². The van der Waals surface area contributed by atoms with Gasteiger partial charge in [-0.1, -0.05) is 18.2 Å². The lowest BCUT2D eigenvalue weighted by Crippen LogP contribution is -2.37. The zero-order chi connectivity index (χ0) is 22.1. The SMILES string of the molecule is Cc1ccc2nc(-c3ccc(NC(=O)CN4C(=O)CCOc5ccccc54)cc3)sc2c1. The number of benzene rings is 3. The summed E-state index contributed by atoms with van der Waals surface area (Å²) in [7, 11) is 0. The highest BCUT2D eigenvalue weighted by Gasteiger charge is 2.25. The molecule has 0 saturated carbocycles. The third-order valence-electron chi connectivity index (χ3n) is 5.29. The van der Waals surface area contributed by atoms with Crippen molar-refractivity contribution in [3.8, 4) is 16.3 Å². The first-order valence-electron chi connectivity index (χ1n) is 10.4. The third-order valence-corrected chi connectivity index (χ3v) is 6.36. The van der Waals surface area contributed by atoms with Gasteiger partial charge < -0.3 is 10.1 Å². The highest BCUT2D eigenvalue weighted by Crippen LogP contribution is 2.32. The molecule has 7 heteroatoms. The van der Waals surface area contributed by atoms with Crippen LogP contribution in [0.25, 0.3) is 20.8 Å². The van der Waals surface area contributed by atoms with Crippen molar-refractivity contribution in [2.24, 2.45) is 0 Å². The fourth-order valence-corrected chi connectivity index (χ4v) is 4.76. The Kier molecular flexibility index (Phi) is 5.33. The zero-order valence-electron chi connectivity index (χ0n) is 17.5. The van der Waals surface area contributed by atoms with Crippen LogP contribution in [0.5, 0.6) is 5.75 Å². The molecule has 1 aliphatic heterocycles. The smallest absolute Gasteiger partial charge is 0.244 e. The number of aromatic nitrogens is 1. The molecule has 0 saturated heterocycles. The van der Waals surface area contributed by atoms with E-state index in [4.69, 9.17) is 9.72 Å². The van der Waals surface area contributed by atoms with Crippen LogP contribution in [0.3, 0.4) is 0 Å². The van der Waals surface area contributed by atoms with Gasteiger partial charge in [-0.2, -0.15) is 0 Å². The Labute approximate surface area is 189 Å². The third kappa shape index (κ3) is 4.07. The molecule has 5 rings (SSSR count). The van der Waals surface area contributed by atoms with E-state index in [9.17, 15) is 9.59 Å².